The Morgan fingerprint density at radius 2 is 1.65 bits per heavy atom. The third kappa shape index (κ3) is 3.61. The van der Waals surface area contributed by atoms with E-state index < -0.39 is 17.5 Å². The van der Waals surface area contributed by atoms with Crippen molar-refractivity contribution in [3.8, 4) is 11.1 Å². The maximum atomic E-state index is 14.6. The summed E-state index contributed by atoms with van der Waals surface area (Å²) in [6, 6.07) is 32.6. The van der Waals surface area contributed by atoms with Crippen LogP contribution in [0, 0.1) is 5.82 Å². The highest BCUT2D eigenvalue weighted by molar-refractivity contribution is 5.91. The van der Waals surface area contributed by atoms with Crippen molar-refractivity contribution in [3.05, 3.63) is 126 Å². The molecule has 1 aliphatic rings. The summed E-state index contributed by atoms with van der Waals surface area (Å²) in [7, 11) is 0. The fourth-order valence-corrected chi connectivity index (χ4v) is 6.09. The van der Waals surface area contributed by atoms with Crippen molar-refractivity contribution in [2.75, 3.05) is 4.90 Å². The van der Waals surface area contributed by atoms with Crippen molar-refractivity contribution >= 4 is 22.5 Å². The van der Waals surface area contributed by atoms with Crippen molar-refractivity contribution < 1.29 is 9.18 Å². The number of anilines is 1. The van der Waals surface area contributed by atoms with Crippen LogP contribution in [0.3, 0.4) is 0 Å². The standard InChI is InChI=1S/C32H28FN3O/c1-2-32(23-17-15-22(16-18-23)21-9-4-3-5-10-21)30-27(26-13-6-7-14-28(26)35-30)20-29(31(34)37)36(32)25-12-8-11-24(33)19-25/h3-19,29,35H,2,20H2,1H3,(H2,34,37). The fourth-order valence-electron chi connectivity index (χ4n) is 6.09. The van der Waals surface area contributed by atoms with Gasteiger partial charge in [-0.3, -0.25) is 4.79 Å². The second-order valence-electron chi connectivity index (χ2n) is 9.65. The number of primary amides is 1. The SMILES string of the molecule is CCC1(c2ccc(-c3ccccc3)cc2)c2[nH]c3ccccc3c2CC(C(N)=O)N1c1cccc(F)c1. The second-order valence-corrected chi connectivity index (χ2v) is 9.65. The quantitative estimate of drug-likeness (QED) is 0.294. The Balaban J connectivity index is 1.64. The Morgan fingerprint density at radius 3 is 2.35 bits per heavy atom. The van der Waals surface area contributed by atoms with Crippen LogP contribution in [-0.4, -0.2) is 16.9 Å². The molecule has 37 heavy (non-hydrogen) atoms. The summed E-state index contributed by atoms with van der Waals surface area (Å²) in [5.74, 6) is -0.786. The Bertz CT molecular complexity index is 1590. The molecule has 0 saturated carbocycles. The average molecular weight is 490 g/mol. The first-order chi connectivity index (χ1) is 18.0. The third-order valence-corrected chi connectivity index (χ3v) is 7.74. The fraction of sp³-hybridized carbons (Fsp3) is 0.156. The van der Waals surface area contributed by atoms with Crippen LogP contribution in [0.2, 0.25) is 0 Å². The monoisotopic (exact) mass is 489 g/mol. The number of para-hydroxylation sites is 1. The number of nitrogens with two attached hydrogens (primary N) is 1. The molecule has 0 saturated heterocycles. The molecule has 2 heterocycles. The number of carbonyl (C=O) groups excluding carboxylic acids is 1. The Labute approximate surface area is 215 Å². The predicted octanol–water partition coefficient (Wildman–Crippen LogP) is 6.54. The molecule has 0 radical (unpaired) electrons. The minimum atomic E-state index is -0.769. The summed E-state index contributed by atoms with van der Waals surface area (Å²) in [5.41, 5.74) is 12.3. The van der Waals surface area contributed by atoms with Gasteiger partial charge in [-0.2, -0.15) is 0 Å². The van der Waals surface area contributed by atoms with Gasteiger partial charge >= 0.3 is 0 Å². The van der Waals surface area contributed by atoms with Gasteiger partial charge in [-0.25, -0.2) is 4.39 Å². The molecule has 6 rings (SSSR count). The van der Waals surface area contributed by atoms with E-state index in [1.807, 2.05) is 41.3 Å². The Hall–Kier alpha value is -4.38. The Kier molecular flexibility index (Phi) is 5.56. The van der Waals surface area contributed by atoms with Gasteiger partial charge in [0, 0.05) is 28.7 Å². The van der Waals surface area contributed by atoms with E-state index in [2.05, 4.69) is 60.4 Å². The number of nitrogens with zero attached hydrogens (tertiary/aromatic N) is 1. The van der Waals surface area contributed by atoms with Gasteiger partial charge in [-0.1, -0.05) is 85.8 Å². The van der Waals surface area contributed by atoms with Crippen LogP contribution in [0.1, 0.15) is 30.2 Å². The zero-order chi connectivity index (χ0) is 25.6. The number of benzene rings is 4. The van der Waals surface area contributed by atoms with Gasteiger partial charge in [0.1, 0.15) is 17.4 Å². The summed E-state index contributed by atoms with van der Waals surface area (Å²) in [4.78, 5) is 18.8. The number of aromatic amines is 1. The number of carbonyl (C=O) groups is 1. The molecule has 4 nitrogen and oxygen atoms in total. The summed E-state index contributed by atoms with van der Waals surface area (Å²) in [6.45, 7) is 2.11. The maximum Gasteiger partial charge on any atom is 0.240 e. The molecular weight excluding hydrogens is 461 g/mol. The molecule has 3 N–H and O–H groups in total. The van der Waals surface area contributed by atoms with E-state index in [0.29, 0.717) is 18.5 Å². The molecule has 2 atom stereocenters. The smallest absolute Gasteiger partial charge is 0.240 e. The van der Waals surface area contributed by atoms with Gasteiger partial charge in [-0.15, -0.1) is 0 Å². The van der Waals surface area contributed by atoms with Crippen LogP contribution in [0.15, 0.2) is 103 Å². The van der Waals surface area contributed by atoms with Crippen LogP contribution < -0.4 is 10.6 Å². The summed E-state index contributed by atoms with van der Waals surface area (Å²) in [6.07, 6.45) is 1.08. The van der Waals surface area contributed by atoms with Crippen LogP contribution >= 0.6 is 0 Å². The highest BCUT2D eigenvalue weighted by atomic mass is 19.1. The first-order valence-corrected chi connectivity index (χ1v) is 12.6. The highest BCUT2D eigenvalue weighted by Crippen LogP contribution is 2.49. The van der Waals surface area contributed by atoms with Gasteiger partial charge in [0.05, 0.1) is 0 Å². The molecule has 0 fully saturated rings. The van der Waals surface area contributed by atoms with Crippen LogP contribution in [-0.2, 0) is 16.8 Å². The number of rotatable bonds is 5. The lowest BCUT2D eigenvalue weighted by Crippen LogP contribution is -2.60. The minimum Gasteiger partial charge on any atom is -0.368 e. The van der Waals surface area contributed by atoms with E-state index in [1.54, 1.807) is 6.07 Å². The molecular formula is C32H28FN3O. The number of hydrogen-bond donors (Lipinski definition) is 2. The van der Waals surface area contributed by atoms with Gasteiger partial charge < -0.3 is 15.6 Å². The normalized spacial score (nSPS) is 19.1. The second kappa shape index (κ2) is 8.93. The lowest BCUT2D eigenvalue weighted by molar-refractivity contribution is -0.119. The maximum absolute atomic E-state index is 14.6. The van der Waals surface area contributed by atoms with E-state index in [4.69, 9.17) is 5.73 Å². The molecule has 0 aliphatic carbocycles. The number of halogens is 1. The number of fused-ring (bicyclic) bond motifs is 3. The van der Waals surface area contributed by atoms with E-state index in [-0.39, 0.29) is 5.82 Å². The van der Waals surface area contributed by atoms with Crippen molar-refractivity contribution in [2.24, 2.45) is 5.73 Å². The molecule has 2 unspecified atom stereocenters. The lowest BCUT2D eigenvalue weighted by Gasteiger charge is -2.51. The molecule has 0 spiro atoms. The molecule has 1 aromatic heterocycles. The van der Waals surface area contributed by atoms with Crippen LogP contribution in [0.25, 0.3) is 22.0 Å². The van der Waals surface area contributed by atoms with Crippen molar-refractivity contribution in [3.63, 3.8) is 0 Å². The topological polar surface area (TPSA) is 62.1 Å². The molecule has 1 amide bonds. The molecule has 5 aromatic rings. The average Bonchev–Trinajstić information content (AvgIpc) is 3.31. The van der Waals surface area contributed by atoms with E-state index >= 15 is 0 Å². The number of hydrogen-bond acceptors (Lipinski definition) is 2. The van der Waals surface area contributed by atoms with Crippen molar-refractivity contribution in [1.29, 1.82) is 0 Å². The van der Waals surface area contributed by atoms with Crippen molar-refractivity contribution in [2.45, 2.75) is 31.3 Å². The molecule has 4 aromatic carbocycles. The first kappa shape index (κ1) is 23.0. The Morgan fingerprint density at radius 1 is 0.946 bits per heavy atom. The number of aromatic nitrogens is 1. The molecule has 0 bridgehead atoms. The molecule has 1 aliphatic heterocycles. The van der Waals surface area contributed by atoms with Gasteiger partial charge in [0.2, 0.25) is 5.91 Å². The summed E-state index contributed by atoms with van der Waals surface area (Å²) < 4.78 is 14.6. The summed E-state index contributed by atoms with van der Waals surface area (Å²) in [5, 5.41) is 1.08. The largest absolute Gasteiger partial charge is 0.368 e. The van der Waals surface area contributed by atoms with E-state index in [9.17, 15) is 9.18 Å². The molecule has 5 heteroatoms. The minimum absolute atomic E-state index is 0.354. The van der Waals surface area contributed by atoms with E-state index in [1.165, 1.54) is 12.1 Å². The highest BCUT2D eigenvalue weighted by Gasteiger charge is 2.50. The van der Waals surface area contributed by atoms with Gasteiger partial charge in [0.25, 0.3) is 0 Å². The zero-order valence-corrected chi connectivity index (χ0v) is 20.6. The summed E-state index contributed by atoms with van der Waals surface area (Å²) >= 11 is 0. The van der Waals surface area contributed by atoms with Gasteiger partial charge in [-0.05, 0) is 52.9 Å². The van der Waals surface area contributed by atoms with Crippen LogP contribution in [0.4, 0.5) is 10.1 Å². The van der Waals surface area contributed by atoms with Gasteiger partial charge in [0.15, 0.2) is 0 Å². The third-order valence-electron chi connectivity index (χ3n) is 7.74. The van der Waals surface area contributed by atoms with Crippen molar-refractivity contribution in [1.82, 2.24) is 4.98 Å². The van der Waals surface area contributed by atoms with E-state index in [0.717, 1.165) is 38.9 Å². The predicted molar refractivity (Wildman–Crippen MR) is 147 cm³/mol. The first-order valence-electron chi connectivity index (χ1n) is 12.6. The number of nitrogens with one attached hydrogen (secondary N) is 1. The van der Waals surface area contributed by atoms with Crippen LogP contribution in [0.5, 0.6) is 0 Å². The number of amides is 1. The zero-order valence-electron chi connectivity index (χ0n) is 20.6. The molecule has 184 valence electrons. The number of H-pyrrole nitrogens is 1. The lowest BCUT2D eigenvalue weighted by atomic mass is 9.74.